The van der Waals surface area contributed by atoms with E-state index in [4.69, 9.17) is 9.84 Å². The Morgan fingerprint density at radius 3 is 2.87 bits per heavy atom. The van der Waals surface area contributed by atoms with Crippen molar-refractivity contribution in [1.29, 1.82) is 0 Å². The molecule has 1 fully saturated rings. The van der Waals surface area contributed by atoms with E-state index in [1.165, 1.54) is 0 Å². The second kappa shape index (κ2) is 3.83. The molecule has 2 heterocycles. The molecule has 0 radical (unpaired) electrons. The first-order valence-corrected chi connectivity index (χ1v) is 5.61. The zero-order chi connectivity index (χ0) is 10.9. The van der Waals surface area contributed by atoms with Gasteiger partial charge in [0.25, 0.3) is 0 Å². The van der Waals surface area contributed by atoms with Crippen LogP contribution in [0.2, 0.25) is 0 Å². The molecule has 0 amide bonds. The van der Waals surface area contributed by atoms with Gasteiger partial charge < -0.3 is 15.2 Å². The van der Waals surface area contributed by atoms with Crippen molar-refractivity contribution in [2.75, 3.05) is 25.1 Å². The molecule has 1 saturated heterocycles. The lowest BCUT2D eigenvalue weighted by Crippen LogP contribution is -2.53. The van der Waals surface area contributed by atoms with Crippen LogP contribution in [0.3, 0.4) is 0 Å². The van der Waals surface area contributed by atoms with Crippen LogP contribution < -0.4 is 5.32 Å². The van der Waals surface area contributed by atoms with Crippen LogP contribution in [0.5, 0.6) is 0 Å². The highest BCUT2D eigenvalue weighted by atomic mass is 32.1. The number of carbonyl (C=O) groups is 1. The van der Waals surface area contributed by atoms with E-state index in [9.17, 15) is 4.79 Å². The number of carboxylic acids is 1. The Hall–Kier alpha value is -1.07. The molecule has 0 bridgehead atoms. The lowest BCUT2D eigenvalue weighted by Gasteiger charge is -2.37. The molecule has 4 nitrogen and oxygen atoms in total. The molecule has 15 heavy (non-hydrogen) atoms. The molecule has 1 aliphatic rings. The van der Waals surface area contributed by atoms with Crippen LogP contribution in [0, 0.1) is 12.3 Å². The summed E-state index contributed by atoms with van der Waals surface area (Å²) in [6.45, 7) is 3.05. The zero-order valence-electron chi connectivity index (χ0n) is 8.45. The van der Waals surface area contributed by atoms with Crippen LogP contribution in [0.1, 0.15) is 5.56 Å². The molecule has 5 heteroatoms. The Kier molecular flexibility index (Phi) is 2.67. The van der Waals surface area contributed by atoms with Crippen molar-refractivity contribution in [2.45, 2.75) is 6.92 Å². The van der Waals surface area contributed by atoms with E-state index in [0.717, 1.165) is 10.6 Å². The van der Waals surface area contributed by atoms with Crippen molar-refractivity contribution in [3.63, 3.8) is 0 Å². The SMILES string of the molecule is Cc1ccsc1NCC1(C(=O)O)COC1. The molecule has 0 unspecified atom stereocenters. The zero-order valence-corrected chi connectivity index (χ0v) is 9.26. The Morgan fingerprint density at radius 1 is 1.73 bits per heavy atom. The number of aliphatic carboxylic acids is 1. The normalized spacial score (nSPS) is 18.2. The van der Waals surface area contributed by atoms with E-state index in [-0.39, 0.29) is 0 Å². The van der Waals surface area contributed by atoms with Gasteiger partial charge in [-0.3, -0.25) is 4.79 Å². The van der Waals surface area contributed by atoms with Crippen molar-refractivity contribution in [3.05, 3.63) is 17.0 Å². The number of aryl methyl sites for hydroxylation is 1. The maximum Gasteiger partial charge on any atom is 0.316 e. The van der Waals surface area contributed by atoms with Crippen LogP contribution in [0.15, 0.2) is 11.4 Å². The smallest absolute Gasteiger partial charge is 0.316 e. The quantitative estimate of drug-likeness (QED) is 0.819. The van der Waals surface area contributed by atoms with Gasteiger partial charge in [-0.15, -0.1) is 11.3 Å². The van der Waals surface area contributed by atoms with Gasteiger partial charge >= 0.3 is 5.97 Å². The van der Waals surface area contributed by atoms with E-state index >= 15 is 0 Å². The Bertz CT molecular complexity index is 370. The molecular formula is C10H13NO3S. The van der Waals surface area contributed by atoms with Crippen molar-refractivity contribution in [2.24, 2.45) is 5.41 Å². The van der Waals surface area contributed by atoms with Crippen molar-refractivity contribution >= 4 is 22.3 Å². The standard InChI is InChI=1S/C10H13NO3S/c1-7-2-3-15-8(7)11-4-10(9(12)13)5-14-6-10/h2-3,11H,4-6H2,1H3,(H,12,13). The third kappa shape index (κ3) is 1.85. The average molecular weight is 227 g/mol. The summed E-state index contributed by atoms with van der Waals surface area (Å²) in [6.07, 6.45) is 0. The number of anilines is 1. The Balaban J connectivity index is 1.98. The first kappa shape index (κ1) is 10.4. The number of nitrogens with one attached hydrogen (secondary N) is 1. The lowest BCUT2D eigenvalue weighted by molar-refractivity contribution is -0.176. The number of hydrogen-bond donors (Lipinski definition) is 2. The van der Waals surface area contributed by atoms with Crippen LogP contribution >= 0.6 is 11.3 Å². The highest BCUT2D eigenvalue weighted by Gasteiger charge is 2.46. The fraction of sp³-hybridized carbons (Fsp3) is 0.500. The molecule has 0 aliphatic carbocycles. The summed E-state index contributed by atoms with van der Waals surface area (Å²) in [5.74, 6) is -0.782. The minimum absolute atomic E-state index is 0.305. The largest absolute Gasteiger partial charge is 0.481 e. The summed E-state index contributed by atoms with van der Waals surface area (Å²) >= 11 is 1.59. The molecule has 1 aliphatic heterocycles. The van der Waals surface area contributed by atoms with Crippen molar-refractivity contribution < 1.29 is 14.6 Å². The van der Waals surface area contributed by atoms with Crippen molar-refractivity contribution in [1.82, 2.24) is 0 Å². The molecule has 2 N–H and O–H groups in total. The highest BCUT2D eigenvalue weighted by molar-refractivity contribution is 7.14. The first-order valence-electron chi connectivity index (χ1n) is 4.73. The summed E-state index contributed by atoms with van der Waals surface area (Å²) in [5, 5.41) is 15.3. The van der Waals surface area contributed by atoms with E-state index in [1.807, 2.05) is 18.4 Å². The molecule has 0 aromatic carbocycles. The third-order valence-corrected chi connectivity index (χ3v) is 3.63. The molecule has 0 atom stereocenters. The first-order chi connectivity index (χ1) is 7.14. The van der Waals surface area contributed by atoms with Gasteiger partial charge in [-0.1, -0.05) is 0 Å². The maximum atomic E-state index is 11.0. The lowest BCUT2D eigenvalue weighted by atomic mass is 9.86. The summed E-state index contributed by atoms with van der Waals surface area (Å²) in [5.41, 5.74) is 0.428. The number of carboxylic acid groups (broad SMARTS) is 1. The predicted molar refractivity (Wildman–Crippen MR) is 58.4 cm³/mol. The third-order valence-electron chi connectivity index (χ3n) is 2.66. The molecular weight excluding hydrogens is 214 g/mol. The fourth-order valence-electron chi connectivity index (χ4n) is 1.45. The number of hydrogen-bond acceptors (Lipinski definition) is 4. The summed E-state index contributed by atoms with van der Waals surface area (Å²) in [7, 11) is 0. The number of rotatable bonds is 4. The van der Waals surface area contributed by atoms with Crippen LogP contribution in [0.4, 0.5) is 5.00 Å². The van der Waals surface area contributed by atoms with Crippen molar-refractivity contribution in [3.8, 4) is 0 Å². The Morgan fingerprint density at radius 2 is 2.47 bits per heavy atom. The van der Waals surface area contributed by atoms with Crippen LogP contribution in [-0.2, 0) is 9.53 Å². The van der Waals surface area contributed by atoms with E-state index in [2.05, 4.69) is 5.32 Å². The second-order valence-corrected chi connectivity index (χ2v) is 4.78. The topological polar surface area (TPSA) is 58.6 Å². The van der Waals surface area contributed by atoms with Gasteiger partial charge in [0.15, 0.2) is 0 Å². The van der Waals surface area contributed by atoms with Gasteiger partial charge in [-0.2, -0.15) is 0 Å². The molecule has 0 spiro atoms. The van der Waals surface area contributed by atoms with Gasteiger partial charge in [0.1, 0.15) is 5.41 Å². The summed E-state index contributed by atoms with van der Waals surface area (Å²) in [4.78, 5) is 11.0. The molecule has 0 saturated carbocycles. The van der Waals surface area contributed by atoms with Gasteiger partial charge in [0.05, 0.1) is 18.2 Å². The van der Waals surface area contributed by atoms with Crippen LogP contribution in [0.25, 0.3) is 0 Å². The minimum Gasteiger partial charge on any atom is -0.481 e. The van der Waals surface area contributed by atoms with Gasteiger partial charge in [-0.05, 0) is 23.9 Å². The van der Waals surface area contributed by atoms with Gasteiger partial charge in [0, 0.05) is 6.54 Å². The molecule has 1 aromatic heterocycles. The minimum atomic E-state index is -0.782. The van der Waals surface area contributed by atoms with E-state index in [1.54, 1.807) is 11.3 Å². The predicted octanol–water partition coefficient (Wildman–Crippen LogP) is 1.57. The average Bonchev–Trinajstić information content (AvgIpc) is 2.49. The van der Waals surface area contributed by atoms with E-state index < -0.39 is 11.4 Å². The highest BCUT2D eigenvalue weighted by Crippen LogP contribution is 2.30. The summed E-state index contributed by atoms with van der Waals surface area (Å²) in [6, 6.07) is 2.01. The number of thiophene rings is 1. The van der Waals surface area contributed by atoms with E-state index in [0.29, 0.717) is 19.8 Å². The number of ether oxygens (including phenoxy) is 1. The fourth-order valence-corrected chi connectivity index (χ4v) is 2.27. The van der Waals surface area contributed by atoms with Gasteiger partial charge in [-0.25, -0.2) is 0 Å². The van der Waals surface area contributed by atoms with Gasteiger partial charge in [0.2, 0.25) is 0 Å². The monoisotopic (exact) mass is 227 g/mol. The molecule has 1 aromatic rings. The second-order valence-electron chi connectivity index (χ2n) is 3.86. The molecule has 82 valence electrons. The summed E-state index contributed by atoms with van der Waals surface area (Å²) < 4.78 is 4.98. The Labute approximate surface area is 91.9 Å². The maximum absolute atomic E-state index is 11.0. The van der Waals surface area contributed by atoms with Crippen LogP contribution in [-0.4, -0.2) is 30.8 Å². The molecule has 2 rings (SSSR count).